The van der Waals surface area contributed by atoms with Crippen LogP contribution in [0, 0.1) is 11.3 Å². The second-order valence-electron chi connectivity index (χ2n) is 4.34. The lowest BCUT2D eigenvalue weighted by Crippen LogP contribution is -2.29. The van der Waals surface area contributed by atoms with E-state index < -0.39 is 0 Å². The first-order valence-corrected chi connectivity index (χ1v) is 6.11. The third-order valence-electron chi connectivity index (χ3n) is 2.60. The second-order valence-corrected chi connectivity index (χ2v) is 5.13. The number of amides is 1. The van der Waals surface area contributed by atoms with Gasteiger partial charge in [-0.05, 0) is 11.8 Å². The van der Waals surface area contributed by atoms with E-state index in [1.165, 1.54) is 0 Å². The van der Waals surface area contributed by atoms with Gasteiger partial charge in [-0.2, -0.15) is 0 Å². The molecule has 4 heteroatoms. The van der Waals surface area contributed by atoms with Crippen molar-refractivity contribution in [2.75, 3.05) is 25.1 Å². The number of hydrogen-bond donors (Lipinski definition) is 1. The van der Waals surface area contributed by atoms with E-state index in [4.69, 9.17) is 4.74 Å². The average molecular weight is 264 g/mol. The average Bonchev–Trinajstić information content (AvgIpc) is 2.75. The minimum atomic E-state index is 0.178. The van der Waals surface area contributed by atoms with Gasteiger partial charge in [0.1, 0.15) is 0 Å². The van der Waals surface area contributed by atoms with Gasteiger partial charge >= 0.3 is 0 Å². The lowest BCUT2D eigenvalue weighted by molar-refractivity contribution is -0.123. The maximum absolute atomic E-state index is 11.5. The summed E-state index contributed by atoms with van der Waals surface area (Å²) < 4.78 is 5.22. The van der Waals surface area contributed by atoms with E-state index in [9.17, 15) is 4.79 Å². The molecule has 0 bridgehead atoms. The summed E-state index contributed by atoms with van der Waals surface area (Å²) in [6, 6.07) is 0. The molecule has 14 heavy (non-hydrogen) atoms. The van der Waals surface area contributed by atoms with Crippen molar-refractivity contribution in [1.82, 2.24) is 5.32 Å². The van der Waals surface area contributed by atoms with Crippen molar-refractivity contribution >= 4 is 21.8 Å². The smallest absolute Gasteiger partial charge is 0.223 e. The van der Waals surface area contributed by atoms with Crippen molar-refractivity contribution in [3.05, 3.63) is 0 Å². The molecule has 0 aromatic carbocycles. The molecule has 1 N–H and O–H groups in total. The van der Waals surface area contributed by atoms with Crippen LogP contribution >= 0.6 is 15.9 Å². The van der Waals surface area contributed by atoms with E-state index in [-0.39, 0.29) is 17.2 Å². The number of carbonyl (C=O) groups is 1. The van der Waals surface area contributed by atoms with Crippen molar-refractivity contribution in [1.29, 1.82) is 0 Å². The van der Waals surface area contributed by atoms with E-state index in [0.29, 0.717) is 19.8 Å². The monoisotopic (exact) mass is 263 g/mol. The molecule has 82 valence electrons. The highest BCUT2D eigenvalue weighted by molar-refractivity contribution is 9.09. The van der Waals surface area contributed by atoms with Crippen molar-refractivity contribution in [3.63, 3.8) is 0 Å². The molecule has 1 saturated carbocycles. The molecule has 1 aliphatic carbocycles. The Labute approximate surface area is 93.7 Å². The molecule has 3 nitrogen and oxygen atoms in total. The van der Waals surface area contributed by atoms with Crippen molar-refractivity contribution in [2.24, 2.45) is 11.3 Å². The van der Waals surface area contributed by atoms with Gasteiger partial charge in [0.15, 0.2) is 0 Å². The Morgan fingerprint density at radius 2 is 2.21 bits per heavy atom. The fourth-order valence-corrected chi connectivity index (χ4v) is 1.67. The summed E-state index contributed by atoms with van der Waals surface area (Å²) in [5.41, 5.74) is 0.223. The number of ether oxygens (including phenoxy) is 1. The summed E-state index contributed by atoms with van der Waals surface area (Å²) in [5, 5.41) is 3.72. The Bertz CT molecular complexity index is 206. The largest absolute Gasteiger partial charge is 0.379 e. The molecule has 0 aromatic heterocycles. The number of alkyl halides is 1. The minimum Gasteiger partial charge on any atom is -0.379 e. The Morgan fingerprint density at radius 1 is 1.57 bits per heavy atom. The molecule has 0 aliphatic heterocycles. The third kappa shape index (κ3) is 3.58. The molecular weight excluding hydrogens is 246 g/mol. The highest BCUT2D eigenvalue weighted by atomic mass is 79.9. The van der Waals surface area contributed by atoms with Crippen LogP contribution in [0.25, 0.3) is 0 Å². The van der Waals surface area contributed by atoms with Gasteiger partial charge in [-0.1, -0.05) is 29.8 Å². The maximum atomic E-state index is 11.5. The van der Waals surface area contributed by atoms with E-state index in [1.807, 2.05) is 0 Å². The summed E-state index contributed by atoms with van der Waals surface area (Å²) in [5.74, 6) is 0.399. The standard InChI is InChI=1S/C10H18BrNO2/c1-10(2)7-8(10)9(13)12-4-6-14-5-3-11/h8H,3-7H2,1-2H3,(H,12,13). The Morgan fingerprint density at radius 3 is 2.71 bits per heavy atom. The van der Waals surface area contributed by atoms with Gasteiger partial charge in [-0.25, -0.2) is 0 Å². The van der Waals surface area contributed by atoms with Crippen LogP contribution in [0.3, 0.4) is 0 Å². The molecule has 1 rings (SSSR count). The minimum absolute atomic E-state index is 0.178. The Balaban J connectivity index is 2.00. The van der Waals surface area contributed by atoms with E-state index in [1.54, 1.807) is 0 Å². The zero-order valence-electron chi connectivity index (χ0n) is 8.81. The molecular formula is C10H18BrNO2. The van der Waals surface area contributed by atoms with Gasteiger partial charge in [0.2, 0.25) is 5.91 Å². The first-order valence-electron chi connectivity index (χ1n) is 4.99. The topological polar surface area (TPSA) is 38.3 Å². The van der Waals surface area contributed by atoms with Crippen molar-refractivity contribution in [3.8, 4) is 0 Å². The molecule has 1 aliphatic rings. The normalized spacial score (nSPS) is 23.2. The van der Waals surface area contributed by atoms with Crippen LogP contribution in [0.1, 0.15) is 20.3 Å². The molecule has 1 unspecified atom stereocenters. The van der Waals surface area contributed by atoms with Gasteiger partial charge < -0.3 is 10.1 Å². The summed E-state index contributed by atoms with van der Waals surface area (Å²) in [4.78, 5) is 11.5. The molecule has 0 heterocycles. The van der Waals surface area contributed by atoms with Crippen molar-refractivity contribution < 1.29 is 9.53 Å². The molecule has 1 amide bonds. The van der Waals surface area contributed by atoms with Crippen LogP contribution in [-0.4, -0.2) is 31.0 Å². The van der Waals surface area contributed by atoms with Gasteiger partial charge in [-0.15, -0.1) is 0 Å². The zero-order valence-corrected chi connectivity index (χ0v) is 10.4. The number of rotatable bonds is 6. The first kappa shape index (κ1) is 12.0. The predicted octanol–water partition coefficient (Wildman–Crippen LogP) is 1.56. The number of nitrogens with one attached hydrogen (secondary N) is 1. The molecule has 0 aromatic rings. The molecule has 0 spiro atoms. The van der Waals surface area contributed by atoms with Crippen LogP contribution in [0.2, 0.25) is 0 Å². The lowest BCUT2D eigenvalue weighted by Gasteiger charge is -2.06. The quantitative estimate of drug-likeness (QED) is 0.584. The van der Waals surface area contributed by atoms with Gasteiger partial charge in [0.05, 0.1) is 13.2 Å². The van der Waals surface area contributed by atoms with Crippen molar-refractivity contribution in [2.45, 2.75) is 20.3 Å². The summed E-state index contributed by atoms with van der Waals surface area (Å²) in [7, 11) is 0. The lowest BCUT2D eigenvalue weighted by atomic mass is 10.1. The highest BCUT2D eigenvalue weighted by Crippen LogP contribution is 2.51. The predicted molar refractivity (Wildman–Crippen MR) is 59.5 cm³/mol. The van der Waals surface area contributed by atoms with E-state index >= 15 is 0 Å². The number of halogens is 1. The maximum Gasteiger partial charge on any atom is 0.223 e. The molecule has 0 radical (unpaired) electrons. The van der Waals surface area contributed by atoms with Crippen LogP contribution in [0.5, 0.6) is 0 Å². The molecule has 1 atom stereocenters. The van der Waals surface area contributed by atoms with Crippen LogP contribution in [0.4, 0.5) is 0 Å². The second kappa shape index (κ2) is 5.12. The highest BCUT2D eigenvalue weighted by Gasteiger charge is 2.50. The van der Waals surface area contributed by atoms with E-state index in [0.717, 1.165) is 11.8 Å². The molecule has 1 fully saturated rings. The van der Waals surface area contributed by atoms with Gasteiger partial charge in [0, 0.05) is 17.8 Å². The third-order valence-corrected chi connectivity index (χ3v) is 2.92. The van der Waals surface area contributed by atoms with E-state index in [2.05, 4.69) is 35.1 Å². The Kier molecular flexibility index (Phi) is 4.38. The van der Waals surface area contributed by atoms with Gasteiger partial charge in [-0.3, -0.25) is 4.79 Å². The Hall–Kier alpha value is -0.0900. The van der Waals surface area contributed by atoms with Crippen LogP contribution in [-0.2, 0) is 9.53 Å². The zero-order chi connectivity index (χ0) is 10.6. The molecule has 0 saturated heterocycles. The summed E-state index contributed by atoms with van der Waals surface area (Å²) >= 11 is 3.27. The SMILES string of the molecule is CC1(C)CC1C(=O)NCCOCCBr. The van der Waals surface area contributed by atoms with Crippen LogP contribution in [0.15, 0.2) is 0 Å². The summed E-state index contributed by atoms with van der Waals surface area (Å²) in [6.45, 7) is 6.17. The fraction of sp³-hybridized carbons (Fsp3) is 0.900. The van der Waals surface area contributed by atoms with Gasteiger partial charge in [0.25, 0.3) is 0 Å². The number of carbonyl (C=O) groups excluding carboxylic acids is 1. The first-order chi connectivity index (χ1) is 6.58. The van der Waals surface area contributed by atoms with Crippen LogP contribution < -0.4 is 5.32 Å². The number of hydrogen-bond acceptors (Lipinski definition) is 2. The summed E-state index contributed by atoms with van der Waals surface area (Å²) in [6.07, 6.45) is 1.01. The fourth-order valence-electron chi connectivity index (χ4n) is 1.44.